The molecule has 1 rings (SSSR count). The standard InChI is InChI=1S/C13H16/c1-4-11(3)13-10-8-6-7-9-12(13)5-2/h4-5,7-10H,1,6H2,2-3H3/b12-5-,13-11+. The van der Waals surface area contributed by atoms with Gasteiger partial charge in [-0.25, -0.2) is 0 Å². The Morgan fingerprint density at radius 1 is 1.38 bits per heavy atom. The Labute approximate surface area is 80.7 Å². The molecule has 0 unspecified atom stereocenters. The van der Waals surface area contributed by atoms with Crippen molar-refractivity contribution in [1.29, 1.82) is 0 Å². The van der Waals surface area contributed by atoms with Crippen LogP contribution in [0.4, 0.5) is 0 Å². The molecule has 0 radical (unpaired) electrons. The largest absolute Gasteiger partial charge is 0.0988 e. The average molecular weight is 172 g/mol. The monoisotopic (exact) mass is 172 g/mol. The Morgan fingerprint density at radius 2 is 2.08 bits per heavy atom. The Balaban J connectivity index is 3.19. The van der Waals surface area contributed by atoms with Gasteiger partial charge in [0.05, 0.1) is 0 Å². The summed E-state index contributed by atoms with van der Waals surface area (Å²) in [7, 11) is 0. The first-order chi connectivity index (χ1) is 6.29. The van der Waals surface area contributed by atoms with Gasteiger partial charge in [0.2, 0.25) is 0 Å². The zero-order valence-electron chi connectivity index (χ0n) is 8.38. The van der Waals surface area contributed by atoms with E-state index in [2.05, 4.69) is 50.8 Å². The topological polar surface area (TPSA) is 0 Å². The molecule has 0 saturated heterocycles. The summed E-state index contributed by atoms with van der Waals surface area (Å²) in [6.45, 7) is 7.95. The van der Waals surface area contributed by atoms with Gasteiger partial charge in [-0.3, -0.25) is 0 Å². The molecular weight excluding hydrogens is 156 g/mol. The summed E-state index contributed by atoms with van der Waals surface area (Å²) in [6.07, 6.45) is 13.8. The number of hydrogen-bond donors (Lipinski definition) is 0. The van der Waals surface area contributed by atoms with E-state index in [0.29, 0.717) is 0 Å². The van der Waals surface area contributed by atoms with E-state index < -0.39 is 0 Å². The van der Waals surface area contributed by atoms with Crippen LogP contribution in [0.25, 0.3) is 0 Å². The van der Waals surface area contributed by atoms with Gasteiger partial charge in [0.1, 0.15) is 0 Å². The molecule has 0 heterocycles. The van der Waals surface area contributed by atoms with Crippen molar-refractivity contribution in [1.82, 2.24) is 0 Å². The van der Waals surface area contributed by atoms with Gasteiger partial charge < -0.3 is 0 Å². The van der Waals surface area contributed by atoms with Crippen LogP contribution in [0.1, 0.15) is 20.3 Å². The molecule has 0 bridgehead atoms. The first-order valence-corrected chi connectivity index (χ1v) is 4.62. The lowest BCUT2D eigenvalue weighted by Crippen LogP contribution is -1.85. The van der Waals surface area contributed by atoms with E-state index in [9.17, 15) is 0 Å². The molecule has 0 atom stereocenters. The highest BCUT2D eigenvalue weighted by molar-refractivity contribution is 5.52. The fourth-order valence-corrected chi connectivity index (χ4v) is 1.37. The van der Waals surface area contributed by atoms with E-state index in [-0.39, 0.29) is 0 Å². The summed E-state index contributed by atoms with van der Waals surface area (Å²) >= 11 is 0. The molecule has 13 heavy (non-hydrogen) atoms. The second-order valence-electron chi connectivity index (χ2n) is 3.09. The normalized spacial score (nSPS) is 23.1. The molecule has 0 aromatic rings. The van der Waals surface area contributed by atoms with Crippen molar-refractivity contribution < 1.29 is 0 Å². The van der Waals surface area contributed by atoms with Crippen molar-refractivity contribution in [3.05, 3.63) is 59.8 Å². The van der Waals surface area contributed by atoms with Crippen molar-refractivity contribution in [3.63, 3.8) is 0 Å². The van der Waals surface area contributed by atoms with Crippen LogP contribution in [-0.4, -0.2) is 0 Å². The number of rotatable bonds is 1. The molecule has 0 aliphatic heterocycles. The molecule has 0 aromatic heterocycles. The van der Waals surface area contributed by atoms with Crippen molar-refractivity contribution in [2.75, 3.05) is 0 Å². The summed E-state index contributed by atoms with van der Waals surface area (Å²) in [6, 6.07) is 0. The molecule has 0 saturated carbocycles. The predicted octanol–water partition coefficient (Wildman–Crippen LogP) is 3.95. The highest BCUT2D eigenvalue weighted by Crippen LogP contribution is 2.21. The molecule has 68 valence electrons. The zero-order valence-corrected chi connectivity index (χ0v) is 8.38. The second kappa shape index (κ2) is 4.66. The van der Waals surface area contributed by atoms with Gasteiger partial charge in [0, 0.05) is 0 Å². The lowest BCUT2D eigenvalue weighted by Gasteiger charge is -2.04. The van der Waals surface area contributed by atoms with Crippen LogP contribution < -0.4 is 0 Å². The smallest absolute Gasteiger partial charge is 0.0161 e. The van der Waals surface area contributed by atoms with Gasteiger partial charge in [0.15, 0.2) is 0 Å². The number of allylic oxidation sites excluding steroid dienone is 9. The maximum absolute atomic E-state index is 3.79. The van der Waals surface area contributed by atoms with Crippen molar-refractivity contribution >= 4 is 0 Å². The van der Waals surface area contributed by atoms with E-state index >= 15 is 0 Å². The van der Waals surface area contributed by atoms with Crippen molar-refractivity contribution in [2.45, 2.75) is 20.3 Å². The molecule has 1 aliphatic carbocycles. The minimum Gasteiger partial charge on any atom is -0.0988 e. The molecule has 0 nitrogen and oxygen atoms in total. The van der Waals surface area contributed by atoms with E-state index in [1.54, 1.807) is 0 Å². The van der Waals surface area contributed by atoms with E-state index in [1.165, 1.54) is 16.7 Å². The third-order valence-electron chi connectivity index (χ3n) is 2.21. The quantitative estimate of drug-likeness (QED) is 0.561. The molecule has 1 aliphatic rings. The van der Waals surface area contributed by atoms with Crippen LogP contribution in [0.15, 0.2) is 59.8 Å². The van der Waals surface area contributed by atoms with Crippen LogP contribution in [0.2, 0.25) is 0 Å². The predicted molar refractivity (Wildman–Crippen MR) is 59.6 cm³/mol. The number of hydrogen-bond acceptors (Lipinski definition) is 0. The van der Waals surface area contributed by atoms with E-state index in [4.69, 9.17) is 0 Å². The lowest BCUT2D eigenvalue weighted by atomic mass is 10.0. The Morgan fingerprint density at radius 3 is 2.69 bits per heavy atom. The summed E-state index contributed by atoms with van der Waals surface area (Å²) in [5, 5.41) is 0. The first kappa shape index (κ1) is 9.79. The van der Waals surface area contributed by atoms with Gasteiger partial charge in [-0.15, -0.1) is 0 Å². The van der Waals surface area contributed by atoms with Gasteiger partial charge in [-0.2, -0.15) is 0 Å². The molecule has 0 fully saturated rings. The fourth-order valence-electron chi connectivity index (χ4n) is 1.37. The van der Waals surface area contributed by atoms with Crippen LogP contribution >= 0.6 is 0 Å². The average Bonchev–Trinajstić information content (AvgIpc) is 2.41. The van der Waals surface area contributed by atoms with Gasteiger partial charge in [0.25, 0.3) is 0 Å². The Kier molecular flexibility index (Phi) is 3.51. The van der Waals surface area contributed by atoms with E-state index in [0.717, 1.165) is 6.42 Å². The minimum atomic E-state index is 1.02. The Bertz CT molecular complexity index is 309. The zero-order chi connectivity index (χ0) is 9.68. The SMILES string of the molecule is C=C/C(C)=C1\C=CCC=C\C1=C\C. The summed E-state index contributed by atoms with van der Waals surface area (Å²) in [5.74, 6) is 0. The molecule has 0 aromatic carbocycles. The van der Waals surface area contributed by atoms with Crippen LogP contribution in [0, 0.1) is 0 Å². The lowest BCUT2D eigenvalue weighted by molar-refractivity contribution is 1.39. The molecular formula is C13H16. The van der Waals surface area contributed by atoms with Crippen LogP contribution in [0.5, 0.6) is 0 Å². The third-order valence-corrected chi connectivity index (χ3v) is 2.21. The van der Waals surface area contributed by atoms with Crippen molar-refractivity contribution in [2.24, 2.45) is 0 Å². The summed E-state index contributed by atoms with van der Waals surface area (Å²) in [5.41, 5.74) is 3.80. The fraction of sp³-hybridized carbons (Fsp3) is 0.231. The minimum absolute atomic E-state index is 1.02. The molecule has 0 amide bonds. The molecule has 0 spiro atoms. The Hall–Kier alpha value is -1.30. The highest BCUT2D eigenvalue weighted by atomic mass is 14.1. The first-order valence-electron chi connectivity index (χ1n) is 4.62. The molecule has 0 heteroatoms. The van der Waals surface area contributed by atoms with E-state index in [1.807, 2.05) is 6.08 Å². The maximum atomic E-state index is 3.79. The van der Waals surface area contributed by atoms with Crippen molar-refractivity contribution in [3.8, 4) is 0 Å². The summed E-state index contributed by atoms with van der Waals surface area (Å²) in [4.78, 5) is 0. The van der Waals surface area contributed by atoms with Crippen LogP contribution in [0.3, 0.4) is 0 Å². The van der Waals surface area contributed by atoms with Gasteiger partial charge in [-0.05, 0) is 37.0 Å². The highest BCUT2D eigenvalue weighted by Gasteiger charge is 2.01. The second-order valence-corrected chi connectivity index (χ2v) is 3.09. The van der Waals surface area contributed by atoms with Gasteiger partial charge >= 0.3 is 0 Å². The summed E-state index contributed by atoms with van der Waals surface area (Å²) < 4.78 is 0. The van der Waals surface area contributed by atoms with Gasteiger partial charge in [-0.1, -0.05) is 43.0 Å². The molecule has 0 N–H and O–H groups in total. The third kappa shape index (κ3) is 2.32. The maximum Gasteiger partial charge on any atom is -0.0161 e. The van der Waals surface area contributed by atoms with Crippen LogP contribution in [-0.2, 0) is 0 Å².